The fraction of sp³-hybridized carbons (Fsp3) is 0.333. The Balaban J connectivity index is 1.50. The average Bonchev–Trinajstić information content (AvgIpc) is 3.07. The van der Waals surface area contributed by atoms with E-state index < -0.39 is 0 Å². The number of benzene rings is 1. The Morgan fingerprint density at radius 3 is 3.00 bits per heavy atom. The number of thiophene rings is 1. The standard InChI is InChI=1S/C21H20N4O3S/c1-12-6-7-13-16(8-12)29-20-19(13)21(28)24(11-22-20)10-18(27)25-9-17(26)23-14-4-2-3-5-15(14)25/h2-5,11-12H,6-10H2,1H3,(H,23,26). The van der Waals surface area contributed by atoms with Gasteiger partial charge in [0, 0.05) is 4.88 Å². The van der Waals surface area contributed by atoms with Gasteiger partial charge >= 0.3 is 0 Å². The minimum Gasteiger partial charge on any atom is -0.323 e. The van der Waals surface area contributed by atoms with Gasteiger partial charge < -0.3 is 5.32 Å². The van der Waals surface area contributed by atoms with Crippen LogP contribution < -0.4 is 15.8 Å². The maximum absolute atomic E-state index is 13.2. The van der Waals surface area contributed by atoms with Gasteiger partial charge in [-0.1, -0.05) is 19.1 Å². The number of nitrogens with zero attached hydrogens (tertiary/aromatic N) is 3. The summed E-state index contributed by atoms with van der Waals surface area (Å²) in [5.74, 6) is 0.0527. The Morgan fingerprint density at radius 1 is 1.31 bits per heavy atom. The van der Waals surface area contributed by atoms with Crippen LogP contribution in [0.5, 0.6) is 0 Å². The fourth-order valence-corrected chi connectivity index (χ4v) is 5.51. The van der Waals surface area contributed by atoms with Crippen LogP contribution in [0.4, 0.5) is 11.4 Å². The van der Waals surface area contributed by atoms with Gasteiger partial charge in [-0.2, -0.15) is 0 Å². The van der Waals surface area contributed by atoms with Crippen LogP contribution in [0.25, 0.3) is 10.2 Å². The molecule has 2 aliphatic rings. The van der Waals surface area contributed by atoms with Gasteiger partial charge in [0.25, 0.3) is 5.56 Å². The van der Waals surface area contributed by atoms with E-state index in [-0.39, 0.29) is 30.5 Å². The third-order valence-corrected chi connectivity index (χ3v) is 6.82. The molecule has 1 N–H and O–H groups in total. The zero-order valence-corrected chi connectivity index (χ0v) is 16.8. The minimum absolute atomic E-state index is 0.0635. The van der Waals surface area contributed by atoms with Gasteiger partial charge in [-0.25, -0.2) is 4.98 Å². The van der Waals surface area contributed by atoms with E-state index in [0.29, 0.717) is 22.7 Å². The van der Waals surface area contributed by atoms with Crippen LogP contribution in [-0.2, 0) is 29.0 Å². The van der Waals surface area contributed by atoms with E-state index in [1.54, 1.807) is 29.5 Å². The van der Waals surface area contributed by atoms with Crippen LogP contribution >= 0.6 is 11.3 Å². The number of aryl methyl sites for hydroxylation is 1. The molecule has 5 rings (SSSR count). The summed E-state index contributed by atoms with van der Waals surface area (Å²) in [5, 5.41) is 3.42. The van der Waals surface area contributed by atoms with Crippen molar-refractivity contribution < 1.29 is 9.59 Å². The summed E-state index contributed by atoms with van der Waals surface area (Å²) in [6.07, 6.45) is 4.37. The number of hydrogen-bond donors (Lipinski definition) is 1. The number of hydrogen-bond acceptors (Lipinski definition) is 5. The van der Waals surface area contributed by atoms with Crippen LogP contribution in [0.1, 0.15) is 23.8 Å². The molecule has 1 aliphatic heterocycles. The molecule has 2 amide bonds. The Bertz CT molecular complexity index is 1210. The minimum atomic E-state index is -0.312. The molecule has 2 aromatic heterocycles. The van der Waals surface area contributed by atoms with Crippen LogP contribution in [-0.4, -0.2) is 27.9 Å². The lowest BCUT2D eigenvalue weighted by atomic mass is 9.89. The first-order valence-corrected chi connectivity index (χ1v) is 10.5. The van der Waals surface area contributed by atoms with E-state index >= 15 is 0 Å². The van der Waals surface area contributed by atoms with Gasteiger partial charge in [0.05, 0.1) is 23.1 Å². The predicted octanol–water partition coefficient (Wildman–Crippen LogP) is 2.57. The highest BCUT2D eigenvalue weighted by molar-refractivity contribution is 7.18. The second kappa shape index (κ2) is 6.81. The summed E-state index contributed by atoms with van der Waals surface area (Å²) < 4.78 is 1.37. The van der Waals surface area contributed by atoms with Gasteiger partial charge in [0.2, 0.25) is 11.8 Å². The molecule has 0 fully saturated rings. The van der Waals surface area contributed by atoms with Crippen LogP contribution in [0.2, 0.25) is 0 Å². The molecule has 3 heterocycles. The van der Waals surface area contributed by atoms with Crippen molar-refractivity contribution in [3.8, 4) is 0 Å². The summed E-state index contributed by atoms with van der Waals surface area (Å²) in [4.78, 5) is 46.0. The first kappa shape index (κ1) is 18.1. The maximum atomic E-state index is 13.2. The first-order valence-electron chi connectivity index (χ1n) is 9.70. The molecule has 0 radical (unpaired) electrons. The SMILES string of the molecule is CC1CCc2c(sc3ncn(CC(=O)N4CC(=O)Nc5ccccc54)c(=O)c23)C1. The van der Waals surface area contributed by atoms with Crippen LogP contribution in [0.15, 0.2) is 35.4 Å². The highest BCUT2D eigenvalue weighted by Crippen LogP contribution is 2.35. The van der Waals surface area contributed by atoms with E-state index in [1.165, 1.54) is 20.7 Å². The second-order valence-electron chi connectivity index (χ2n) is 7.75. The van der Waals surface area contributed by atoms with E-state index in [4.69, 9.17) is 0 Å². The van der Waals surface area contributed by atoms with Gasteiger partial charge in [-0.05, 0) is 42.9 Å². The van der Waals surface area contributed by atoms with Crippen molar-refractivity contribution in [2.24, 2.45) is 5.92 Å². The number of para-hydroxylation sites is 2. The molecule has 0 saturated heterocycles. The molecule has 0 spiro atoms. The topological polar surface area (TPSA) is 84.3 Å². The molecule has 1 aromatic carbocycles. The molecule has 1 aliphatic carbocycles. The predicted molar refractivity (Wildman–Crippen MR) is 112 cm³/mol. The van der Waals surface area contributed by atoms with Crippen molar-refractivity contribution in [1.29, 1.82) is 0 Å². The van der Waals surface area contributed by atoms with Crippen molar-refractivity contribution in [3.63, 3.8) is 0 Å². The van der Waals surface area contributed by atoms with E-state index in [0.717, 1.165) is 29.7 Å². The lowest BCUT2D eigenvalue weighted by Crippen LogP contribution is -2.44. The monoisotopic (exact) mass is 408 g/mol. The molecule has 7 nitrogen and oxygen atoms in total. The zero-order chi connectivity index (χ0) is 20.1. The van der Waals surface area contributed by atoms with Crippen molar-refractivity contribution in [2.45, 2.75) is 32.7 Å². The molecular formula is C21H20N4O3S. The lowest BCUT2D eigenvalue weighted by Gasteiger charge is -2.29. The van der Waals surface area contributed by atoms with Crippen molar-refractivity contribution in [3.05, 3.63) is 51.4 Å². The molecule has 8 heteroatoms. The second-order valence-corrected chi connectivity index (χ2v) is 8.84. The molecule has 29 heavy (non-hydrogen) atoms. The van der Waals surface area contributed by atoms with Gasteiger partial charge in [0.1, 0.15) is 17.9 Å². The largest absolute Gasteiger partial charge is 0.323 e. The number of carbonyl (C=O) groups is 2. The molecule has 0 bridgehead atoms. The highest BCUT2D eigenvalue weighted by atomic mass is 32.1. The van der Waals surface area contributed by atoms with E-state index in [2.05, 4.69) is 17.2 Å². The summed E-state index contributed by atoms with van der Waals surface area (Å²) >= 11 is 1.59. The van der Waals surface area contributed by atoms with Gasteiger partial charge in [0.15, 0.2) is 0 Å². The molecule has 1 unspecified atom stereocenters. The Labute approximate surface area is 171 Å². The fourth-order valence-electron chi connectivity index (χ4n) is 4.17. The van der Waals surface area contributed by atoms with E-state index in [9.17, 15) is 14.4 Å². The summed E-state index contributed by atoms with van der Waals surface area (Å²) in [6.45, 7) is 2.01. The zero-order valence-electron chi connectivity index (χ0n) is 16.0. The Kier molecular flexibility index (Phi) is 4.24. The third kappa shape index (κ3) is 3.04. The smallest absolute Gasteiger partial charge is 0.262 e. The molecule has 148 valence electrons. The maximum Gasteiger partial charge on any atom is 0.262 e. The van der Waals surface area contributed by atoms with Crippen molar-refractivity contribution in [1.82, 2.24) is 9.55 Å². The normalized spacial score (nSPS) is 18.3. The number of rotatable bonds is 2. The van der Waals surface area contributed by atoms with Gasteiger partial charge in [-0.3, -0.25) is 23.9 Å². The Hall–Kier alpha value is -3.00. The number of aromatic nitrogens is 2. The average molecular weight is 408 g/mol. The summed E-state index contributed by atoms with van der Waals surface area (Å²) in [5.41, 5.74) is 2.16. The molecular weight excluding hydrogens is 388 g/mol. The summed E-state index contributed by atoms with van der Waals surface area (Å²) in [7, 11) is 0. The number of carbonyl (C=O) groups excluding carboxylic acids is 2. The van der Waals surface area contributed by atoms with Crippen molar-refractivity contribution in [2.75, 3.05) is 16.8 Å². The Morgan fingerprint density at radius 2 is 2.14 bits per heavy atom. The van der Waals surface area contributed by atoms with E-state index in [1.807, 2.05) is 6.07 Å². The quantitative estimate of drug-likeness (QED) is 0.706. The molecule has 0 saturated carbocycles. The molecule has 3 aromatic rings. The number of nitrogens with one attached hydrogen (secondary N) is 1. The number of amides is 2. The third-order valence-electron chi connectivity index (χ3n) is 5.66. The number of anilines is 2. The number of fused-ring (bicyclic) bond motifs is 4. The van der Waals surface area contributed by atoms with Crippen LogP contribution in [0.3, 0.4) is 0 Å². The molecule has 1 atom stereocenters. The highest BCUT2D eigenvalue weighted by Gasteiger charge is 2.28. The van der Waals surface area contributed by atoms with Crippen molar-refractivity contribution >= 4 is 44.7 Å². The lowest BCUT2D eigenvalue weighted by molar-refractivity contribution is -0.122. The first-order chi connectivity index (χ1) is 14.0. The van der Waals surface area contributed by atoms with Crippen LogP contribution in [0, 0.1) is 5.92 Å². The van der Waals surface area contributed by atoms with Gasteiger partial charge in [-0.15, -0.1) is 11.3 Å². The summed E-state index contributed by atoms with van der Waals surface area (Å²) in [6, 6.07) is 7.16.